The molecule has 0 fully saturated rings. The molecule has 0 saturated carbocycles. The van der Waals surface area contributed by atoms with Crippen LogP contribution in [-0.2, 0) is 6.54 Å². The van der Waals surface area contributed by atoms with Crippen molar-refractivity contribution < 1.29 is 13.9 Å². The molecule has 0 radical (unpaired) electrons. The van der Waals surface area contributed by atoms with E-state index in [1.165, 1.54) is 0 Å². The molecule has 2 aromatic heterocycles. The molecule has 3 heterocycles. The third-order valence-corrected chi connectivity index (χ3v) is 4.97. The summed E-state index contributed by atoms with van der Waals surface area (Å²) >= 11 is 0. The van der Waals surface area contributed by atoms with Gasteiger partial charge in [-0.1, -0.05) is 30.3 Å². The average molecular weight is 388 g/mol. The van der Waals surface area contributed by atoms with Crippen molar-refractivity contribution in [2.24, 2.45) is 0 Å². The Morgan fingerprint density at radius 2 is 2.03 bits per heavy atom. The second-order valence-electron chi connectivity index (χ2n) is 6.86. The van der Waals surface area contributed by atoms with Crippen LogP contribution in [0, 0.1) is 0 Å². The number of furan rings is 1. The number of fused-ring (bicyclic) bond motifs is 2. The number of rotatable bonds is 3. The summed E-state index contributed by atoms with van der Waals surface area (Å²) in [5.41, 5.74) is 2.52. The van der Waals surface area contributed by atoms with E-state index in [0.29, 0.717) is 30.6 Å². The Labute approximate surface area is 167 Å². The van der Waals surface area contributed by atoms with Gasteiger partial charge >= 0.3 is 0 Å². The van der Waals surface area contributed by atoms with Crippen molar-refractivity contribution in [1.29, 1.82) is 0 Å². The molecule has 7 heteroatoms. The molecule has 0 aliphatic carbocycles. The van der Waals surface area contributed by atoms with Gasteiger partial charge in [-0.05, 0) is 24.6 Å². The van der Waals surface area contributed by atoms with Crippen LogP contribution < -0.4 is 14.4 Å². The van der Waals surface area contributed by atoms with Crippen LogP contribution in [0.4, 0.5) is 5.95 Å². The van der Waals surface area contributed by atoms with E-state index in [9.17, 15) is 0 Å². The maximum absolute atomic E-state index is 5.94. The topological polar surface area (TPSA) is 73.5 Å². The van der Waals surface area contributed by atoms with E-state index in [-0.39, 0.29) is 0 Å². The number of ether oxygens (including phenoxy) is 2. The average Bonchev–Trinajstić information content (AvgIpc) is 3.18. The van der Waals surface area contributed by atoms with Gasteiger partial charge in [0.25, 0.3) is 0 Å². The lowest BCUT2D eigenvalue weighted by Crippen LogP contribution is -2.29. The number of hydrogen-bond donors (Lipinski definition) is 0. The monoisotopic (exact) mass is 388 g/mol. The molecule has 1 aliphatic heterocycles. The van der Waals surface area contributed by atoms with Gasteiger partial charge in [-0.25, -0.2) is 4.98 Å². The fraction of sp³-hybridized carbons (Fsp3) is 0.227. The summed E-state index contributed by atoms with van der Waals surface area (Å²) in [5, 5.41) is 9.50. The summed E-state index contributed by atoms with van der Waals surface area (Å²) in [5.74, 6) is 2.76. The van der Waals surface area contributed by atoms with Crippen molar-refractivity contribution >= 4 is 16.9 Å². The standard InChI is InChI=1S/C22H20N4O3/c1-27-19-9-4-7-16-14-26(10-5-11-28-21(16)19)22-24-17(13-23-25-22)20-12-15-6-2-3-8-18(15)29-20/h2-4,6-9,12-13H,5,10-11,14H2,1H3. The molecule has 0 bridgehead atoms. The molecule has 5 rings (SSSR count). The number of nitrogens with zero attached hydrogens (tertiary/aromatic N) is 4. The lowest BCUT2D eigenvalue weighted by atomic mass is 10.1. The van der Waals surface area contributed by atoms with Crippen molar-refractivity contribution in [1.82, 2.24) is 15.2 Å². The Bertz CT molecular complexity index is 1120. The molecule has 0 spiro atoms. The first-order chi connectivity index (χ1) is 14.3. The minimum absolute atomic E-state index is 0.568. The van der Waals surface area contributed by atoms with Crippen LogP contribution in [0.1, 0.15) is 12.0 Å². The van der Waals surface area contributed by atoms with Gasteiger partial charge in [0.2, 0.25) is 5.95 Å². The van der Waals surface area contributed by atoms with Crippen LogP contribution in [0.3, 0.4) is 0 Å². The van der Waals surface area contributed by atoms with E-state index in [4.69, 9.17) is 18.9 Å². The largest absolute Gasteiger partial charge is 0.493 e. The fourth-order valence-electron chi connectivity index (χ4n) is 3.55. The summed E-state index contributed by atoms with van der Waals surface area (Å²) < 4.78 is 17.3. The summed E-state index contributed by atoms with van der Waals surface area (Å²) in [7, 11) is 1.65. The molecule has 0 amide bonds. The first-order valence-electron chi connectivity index (χ1n) is 9.54. The van der Waals surface area contributed by atoms with Crippen molar-refractivity contribution in [3.63, 3.8) is 0 Å². The third-order valence-electron chi connectivity index (χ3n) is 4.97. The highest BCUT2D eigenvalue weighted by Gasteiger charge is 2.20. The number of hydrogen-bond acceptors (Lipinski definition) is 7. The van der Waals surface area contributed by atoms with Crippen molar-refractivity contribution in [3.8, 4) is 23.0 Å². The zero-order chi connectivity index (χ0) is 19.6. The van der Waals surface area contributed by atoms with E-state index in [2.05, 4.69) is 15.1 Å². The third kappa shape index (κ3) is 3.35. The van der Waals surface area contributed by atoms with Gasteiger partial charge in [-0.3, -0.25) is 0 Å². The van der Waals surface area contributed by atoms with Gasteiger partial charge in [-0.2, -0.15) is 5.10 Å². The Morgan fingerprint density at radius 3 is 2.93 bits per heavy atom. The predicted molar refractivity (Wildman–Crippen MR) is 109 cm³/mol. The molecule has 146 valence electrons. The maximum Gasteiger partial charge on any atom is 0.246 e. The molecule has 0 saturated heterocycles. The molecule has 4 aromatic rings. The summed E-state index contributed by atoms with van der Waals surface area (Å²) in [6, 6.07) is 15.8. The molecule has 0 unspecified atom stereocenters. The van der Waals surface area contributed by atoms with E-state index in [1.54, 1.807) is 13.3 Å². The van der Waals surface area contributed by atoms with Crippen LogP contribution >= 0.6 is 0 Å². The van der Waals surface area contributed by atoms with Gasteiger partial charge in [0, 0.05) is 24.0 Å². The molecular weight excluding hydrogens is 368 g/mol. The van der Waals surface area contributed by atoms with Gasteiger partial charge in [0.1, 0.15) is 11.3 Å². The van der Waals surface area contributed by atoms with Gasteiger partial charge < -0.3 is 18.8 Å². The molecular formula is C22H20N4O3. The SMILES string of the molecule is COc1cccc2c1OCCCN(c1nncc(-c3cc4ccccc4o3)n1)C2. The summed E-state index contributed by atoms with van der Waals surface area (Å²) in [4.78, 5) is 6.85. The van der Waals surface area contributed by atoms with Crippen molar-refractivity contribution in [2.75, 3.05) is 25.2 Å². The number of anilines is 1. The molecule has 0 atom stereocenters. The zero-order valence-electron chi connectivity index (χ0n) is 16.0. The lowest BCUT2D eigenvalue weighted by molar-refractivity contribution is 0.281. The van der Waals surface area contributed by atoms with Crippen LogP contribution in [0.25, 0.3) is 22.4 Å². The predicted octanol–water partition coefficient (Wildman–Crippen LogP) is 4.08. The Balaban J connectivity index is 1.49. The minimum atomic E-state index is 0.568. The minimum Gasteiger partial charge on any atom is -0.493 e. The number of para-hydroxylation sites is 2. The van der Waals surface area contributed by atoms with E-state index < -0.39 is 0 Å². The first kappa shape index (κ1) is 17.5. The van der Waals surface area contributed by atoms with Gasteiger partial charge in [0.05, 0.1) is 19.9 Å². The second kappa shape index (κ2) is 7.43. The van der Waals surface area contributed by atoms with Crippen LogP contribution in [0.2, 0.25) is 0 Å². The lowest BCUT2D eigenvalue weighted by Gasteiger charge is -2.27. The highest BCUT2D eigenvalue weighted by Crippen LogP contribution is 2.34. The quantitative estimate of drug-likeness (QED) is 0.523. The van der Waals surface area contributed by atoms with E-state index in [0.717, 1.165) is 41.0 Å². The number of aromatic nitrogens is 3. The number of methoxy groups -OCH3 is 1. The van der Waals surface area contributed by atoms with Crippen LogP contribution in [-0.4, -0.2) is 35.4 Å². The Morgan fingerprint density at radius 1 is 1.10 bits per heavy atom. The molecule has 2 aromatic carbocycles. The second-order valence-corrected chi connectivity index (χ2v) is 6.86. The maximum atomic E-state index is 5.94. The Hall–Kier alpha value is -3.61. The molecule has 7 nitrogen and oxygen atoms in total. The highest BCUT2D eigenvalue weighted by molar-refractivity contribution is 5.82. The first-order valence-corrected chi connectivity index (χ1v) is 9.54. The van der Waals surface area contributed by atoms with Crippen LogP contribution in [0.15, 0.2) is 59.1 Å². The smallest absolute Gasteiger partial charge is 0.246 e. The van der Waals surface area contributed by atoms with E-state index >= 15 is 0 Å². The van der Waals surface area contributed by atoms with Gasteiger partial charge in [-0.15, -0.1) is 5.10 Å². The van der Waals surface area contributed by atoms with Crippen molar-refractivity contribution in [3.05, 3.63) is 60.3 Å². The summed E-state index contributed by atoms with van der Waals surface area (Å²) in [6.45, 7) is 1.97. The normalized spacial score (nSPS) is 14.0. The Kier molecular flexibility index (Phi) is 4.48. The zero-order valence-corrected chi connectivity index (χ0v) is 16.0. The molecule has 1 aliphatic rings. The van der Waals surface area contributed by atoms with Crippen LogP contribution in [0.5, 0.6) is 11.5 Å². The highest BCUT2D eigenvalue weighted by atomic mass is 16.5. The molecule has 0 N–H and O–H groups in total. The molecule has 29 heavy (non-hydrogen) atoms. The fourth-order valence-corrected chi connectivity index (χ4v) is 3.55. The number of benzene rings is 2. The van der Waals surface area contributed by atoms with Gasteiger partial charge in [0.15, 0.2) is 17.3 Å². The van der Waals surface area contributed by atoms with E-state index in [1.807, 2.05) is 48.5 Å². The van der Waals surface area contributed by atoms with Crippen molar-refractivity contribution in [2.45, 2.75) is 13.0 Å². The summed E-state index contributed by atoms with van der Waals surface area (Å²) in [6.07, 6.45) is 2.47.